The summed E-state index contributed by atoms with van der Waals surface area (Å²) in [6.45, 7) is 17.7. The molecule has 0 saturated carbocycles. The van der Waals surface area contributed by atoms with Gasteiger partial charge in [-0.1, -0.05) is 75.0 Å². The van der Waals surface area contributed by atoms with Crippen LogP contribution in [0.1, 0.15) is 41.0 Å². The van der Waals surface area contributed by atoms with E-state index < -0.39 is 31.0 Å². The van der Waals surface area contributed by atoms with Crippen molar-refractivity contribution in [1.29, 1.82) is 0 Å². The first-order chi connectivity index (χ1) is 11.9. The zero-order valence-corrected chi connectivity index (χ0v) is 18.3. The van der Waals surface area contributed by atoms with Crippen molar-refractivity contribution in [3.63, 3.8) is 0 Å². The molecule has 0 bridgehead atoms. The molecule has 0 fully saturated rings. The molecule has 1 rings (SSSR count). The molecule has 146 valence electrons. The van der Waals surface area contributed by atoms with Crippen molar-refractivity contribution in [2.24, 2.45) is 5.92 Å². The van der Waals surface area contributed by atoms with E-state index in [1.165, 1.54) is 0 Å². The zero-order chi connectivity index (χ0) is 20.2. The monoisotopic (exact) mass is 377 g/mol. The Morgan fingerprint density at radius 3 is 2.27 bits per heavy atom. The highest BCUT2D eigenvalue weighted by atomic mass is 28.3. The molecule has 4 nitrogen and oxygen atoms in total. The molecule has 0 aliphatic rings. The molecule has 1 unspecified atom stereocenters. The number of hydrogen-bond acceptors (Lipinski definition) is 3. The van der Waals surface area contributed by atoms with E-state index in [0.29, 0.717) is 0 Å². The highest BCUT2D eigenvalue weighted by Crippen LogP contribution is 2.31. The molecule has 1 amide bonds. The van der Waals surface area contributed by atoms with E-state index in [2.05, 4.69) is 31.9 Å². The smallest absolute Gasteiger partial charge is 0.407 e. The van der Waals surface area contributed by atoms with Gasteiger partial charge < -0.3 is 15.2 Å². The van der Waals surface area contributed by atoms with Crippen LogP contribution in [0.5, 0.6) is 0 Å². The van der Waals surface area contributed by atoms with Gasteiger partial charge in [0.1, 0.15) is 13.7 Å². The van der Waals surface area contributed by atoms with Crippen molar-refractivity contribution in [3.8, 4) is 0 Å². The van der Waals surface area contributed by atoms with Gasteiger partial charge in [0.25, 0.3) is 0 Å². The maximum atomic E-state index is 12.5. The van der Waals surface area contributed by atoms with Crippen molar-refractivity contribution < 1.29 is 14.6 Å². The van der Waals surface area contributed by atoms with Crippen LogP contribution in [0.3, 0.4) is 0 Å². The number of nitrogens with one attached hydrogen (secondary N) is 1. The van der Waals surface area contributed by atoms with E-state index in [1.807, 2.05) is 58.0 Å². The molecule has 3 atom stereocenters. The topological polar surface area (TPSA) is 58.6 Å². The molecule has 0 aliphatic heterocycles. The molecule has 2 N–H and O–H groups in total. The lowest BCUT2D eigenvalue weighted by Gasteiger charge is -2.47. The Morgan fingerprint density at radius 2 is 1.85 bits per heavy atom. The second kappa shape index (κ2) is 8.40. The van der Waals surface area contributed by atoms with Crippen LogP contribution in [0, 0.1) is 5.92 Å². The number of ether oxygens (including phenoxy) is 1. The predicted octanol–water partition coefficient (Wildman–Crippen LogP) is 4.00. The van der Waals surface area contributed by atoms with Crippen LogP contribution in [0.15, 0.2) is 43.0 Å². The summed E-state index contributed by atoms with van der Waals surface area (Å²) >= 11 is 0. The summed E-state index contributed by atoms with van der Waals surface area (Å²) in [5, 5.41) is 14.6. The SMILES string of the molecule is C=CC(O)([C@@H](NC(=O)OC(C)(C)C)[C@@H](C)CC)[Si](C)(C)c1ccccc1. The molecule has 5 heteroatoms. The van der Waals surface area contributed by atoms with Gasteiger partial charge in [-0.3, -0.25) is 0 Å². The number of hydrogen-bond donors (Lipinski definition) is 2. The standard InChI is InChI=1S/C21H35NO3Si/c1-9-16(3)18(22-19(23)25-20(4,5)6)21(24,10-2)26(7,8)17-14-12-11-13-15-17/h10-16,18,24H,2,9H2,1,3-8H3,(H,22,23)/t16-,18-,21?/m0/s1. The van der Waals surface area contributed by atoms with E-state index in [1.54, 1.807) is 6.08 Å². The van der Waals surface area contributed by atoms with Crippen molar-refractivity contribution >= 4 is 19.4 Å². The molecule has 1 aromatic carbocycles. The fraction of sp³-hybridized carbons (Fsp3) is 0.571. The average molecular weight is 378 g/mol. The van der Waals surface area contributed by atoms with E-state index in [9.17, 15) is 9.90 Å². The molecule has 1 aromatic rings. The van der Waals surface area contributed by atoms with Crippen molar-refractivity contribution in [1.82, 2.24) is 5.32 Å². The lowest BCUT2D eigenvalue weighted by atomic mass is 9.93. The third kappa shape index (κ3) is 4.98. The Morgan fingerprint density at radius 1 is 1.31 bits per heavy atom. The summed E-state index contributed by atoms with van der Waals surface area (Å²) < 4.78 is 5.44. The van der Waals surface area contributed by atoms with Crippen LogP contribution >= 0.6 is 0 Å². The number of carbonyl (C=O) groups is 1. The number of amides is 1. The largest absolute Gasteiger partial charge is 0.444 e. The molecule has 0 radical (unpaired) electrons. The van der Waals surface area contributed by atoms with E-state index in [4.69, 9.17) is 4.74 Å². The molecule has 0 spiro atoms. The van der Waals surface area contributed by atoms with E-state index in [-0.39, 0.29) is 5.92 Å². The van der Waals surface area contributed by atoms with Crippen molar-refractivity contribution in [2.75, 3.05) is 0 Å². The Hall–Kier alpha value is -1.59. The molecular weight excluding hydrogens is 342 g/mol. The van der Waals surface area contributed by atoms with Crippen LogP contribution in [-0.2, 0) is 4.74 Å². The van der Waals surface area contributed by atoms with Gasteiger partial charge in [-0.25, -0.2) is 4.79 Å². The summed E-state index contributed by atoms with van der Waals surface area (Å²) in [5.41, 5.74) is -0.594. The number of rotatable bonds is 7. The maximum Gasteiger partial charge on any atom is 0.407 e. The lowest BCUT2D eigenvalue weighted by Crippen LogP contribution is -2.71. The van der Waals surface area contributed by atoms with Gasteiger partial charge in [0.05, 0.1) is 11.3 Å². The molecule has 26 heavy (non-hydrogen) atoms. The van der Waals surface area contributed by atoms with Gasteiger partial charge in [-0.05, 0) is 26.7 Å². The first kappa shape index (κ1) is 22.4. The molecule has 0 aromatic heterocycles. The van der Waals surface area contributed by atoms with Crippen LogP contribution in [0.25, 0.3) is 0 Å². The van der Waals surface area contributed by atoms with Crippen LogP contribution in [0.4, 0.5) is 4.79 Å². The normalized spacial score (nSPS) is 16.9. The Labute approximate surface area is 159 Å². The first-order valence-electron chi connectivity index (χ1n) is 9.30. The summed E-state index contributed by atoms with van der Waals surface area (Å²) in [7, 11) is -2.43. The Bertz CT molecular complexity index is 609. The van der Waals surface area contributed by atoms with E-state index in [0.717, 1.165) is 11.6 Å². The summed E-state index contributed by atoms with van der Waals surface area (Å²) in [4.78, 5) is 12.5. The van der Waals surface area contributed by atoms with E-state index >= 15 is 0 Å². The minimum absolute atomic E-state index is 0.0565. The summed E-state index contributed by atoms with van der Waals surface area (Å²) in [6.07, 6.45) is 1.91. The minimum Gasteiger partial charge on any atom is -0.444 e. The predicted molar refractivity (Wildman–Crippen MR) is 111 cm³/mol. The first-order valence-corrected chi connectivity index (χ1v) is 12.3. The van der Waals surface area contributed by atoms with Crippen molar-refractivity contribution in [3.05, 3.63) is 43.0 Å². The molecule has 0 aliphatic carbocycles. The van der Waals surface area contributed by atoms with Gasteiger partial charge in [-0.15, -0.1) is 6.58 Å². The highest BCUT2D eigenvalue weighted by molar-refractivity contribution is 6.92. The maximum absolute atomic E-state index is 12.5. The summed E-state index contributed by atoms with van der Waals surface area (Å²) in [5.74, 6) is 0.0565. The number of aliphatic hydroxyl groups is 1. The molecule has 0 saturated heterocycles. The van der Waals surface area contributed by atoms with Gasteiger partial charge >= 0.3 is 6.09 Å². The summed E-state index contributed by atoms with van der Waals surface area (Å²) in [6, 6.07) is 9.53. The third-order valence-corrected chi connectivity index (χ3v) is 9.46. The second-order valence-electron chi connectivity index (χ2n) is 8.53. The average Bonchev–Trinajstić information content (AvgIpc) is 2.57. The number of alkyl carbamates (subject to hydrolysis) is 1. The fourth-order valence-electron chi connectivity index (χ4n) is 3.21. The van der Waals surface area contributed by atoms with Crippen molar-refractivity contribution in [2.45, 2.75) is 71.0 Å². The molecular formula is C21H35NO3Si. The fourth-order valence-corrected chi connectivity index (χ4v) is 6.35. The second-order valence-corrected chi connectivity index (χ2v) is 13.2. The zero-order valence-electron chi connectivity index (χ0n) is 17.3. The molecule has 0 heterocycles. The Balaban J connectivity index is 3.31. The number of benzene rings is 1. The van der Waals surface area contributed by atoms with Crippen LogP contribution < -0.4 is 10.5 Å². The van der Waals surface area contributed by atoms with Crippen LogP contribution in [-0.4, -0.2) is 36.1 Å². The third-order valence-electron chi connectivity index (χ3n) is 5.17. The van der Waals surface area contributed by atoms with Gasteiger partial charge in [0.15, 0.2) is 0 Å². The highest BCUT2D eigenvalue weighted by Gasteiger charge is 2.52. The number of carbonyl (C=O) groups excluding carboxylic acids is 1. The Kier molecular flexibility index (Phi) is 7.25. The van der Waals surface area contributed by atoms with Gasteiger partial charge in [0, 0.05) is 0 Å². The van der Waals surface area contributed by atoms with Gasteiger partial charge in [-0.2, -0.15) is 0 Å². The van der Waals surface area contributed by atoms with Gasteiger partial charge in [0.2, 0.25) is 0 Å². The lowest BCUT2D eigenvalue weighted by molar-refractivity contribution is 0.0345. The van der Waals surface area contributed by atoms with Crippen LogP contribution in [0.2, 0.25) is 13.1 Å². The minimum atomic E-state index is -2.43. The quantitative estimate of drug-likeness (QED) is 0.558.